The first-order chi connectivity index (χ1) is 17.8. The van der Waals surface area contributed by atoms with E-state index >= 15 is 0 Å². The maximum absolute atomic E-state index is 12.9. The SMILES string of the molecule is C#[N+][C@]12CC[N+]3(CCOCC3)CC[C@H]1[C@@H]2/C(=C/C(C)c1cnc(N)c(OC(F)F)c1)N(N)CC1CCC1. The van der Waals surface area contributed by atoms with Crippen molar-refractivity contribution < 1.29 is 22.7 Å². The van der Waals surface area contributed by atoms with Crippen LogP contribution in [0.4, 0.5) is 14.6 Å². The molecule has 2 saturated carbocycles. The number of hydrogen-bond acceptors (Lipinski definition) is 6. The molecule has 2 aliphatic heterocycles. The fourth-order valence-corrected chi connectivity index (χ4v) is 6.78. The number of ether oxygens (including phenoxy) is 2. The number of halogens is 2. The van der Waals surface area contributed by atoms with Gasteiger partial charge in [0.15, 0.2) is 11.6 Å². The van der Waals surface area contributed by atoms with Crippen molar-refractivity contribution in [3.63, 3.8) is 0 Å². The minimum absolute atomic E-state index is 0.0589. The zero-order valence-electron chi connectivity index (χ0n) is 21.7. The fourth-order valence-electron chi connectivity index (χ4n) is 6.78. The number of nitrogens with zero attached hydrogens (tertiary/aromatic N) is 4. The number of nitrogens with two attached hydrogens (primary N) is 2. The predicted molar refractivity (Wildman–Crippen MR) is 138 cm³/mol. The maximum atomic E-state index is 12.9. The van der Waals surface area contributed by atoms with Gasteiger partial charge in [-0.2, -0.15) is 8.78 Å². The van der Waals surface area contributed by atoms with Crippen LogP contribution in [-0.2, 0) is 4.74 Å². The van der Waals surface area contributed by atoms with Crippen LogP contribution in [0.15, 0.2) is 24.0 Å². The first-order valence-electron chi connectivity index (χ1n) is 13.6. The Kier molecular flexibility index (Phi) is 7.31. The molecular formula is C27H40F2N6O2+2. The van der Waals surface area contributed by atoms with Gasteiger partial charge in [0.2, 0.25) is 0 Å². The fraction of sp³-hybridized carbons (Fsp3) is 0.704. The molecule has 5 rings (SSSR count). The summed E-state index contributed by atoms with van der Waals surface area (Å²) in [7, 11) is 0. The number of quaternary nitrogens is 1. The highest BCUT2D eigenvalue weighted by atomic mass is 19.3. The number of allylic oxidation sites excluding steroid dienone is 1. The topological polar surface area (TPSA) is 91.0 Å². The van der Waals surface area contributed by atoms with Crippen LogP contribution in [0.2, 0.25) is 0 Å². The Bertz CT molecular complexity index is 1050. The number of hydrazine groups is 1. The Morgan fingerprint density at radius 3 is 2.73 bits per heavy atom. The predicted octanol–water partition coefficient (Wildman–Crippen LogP) is 3.82. The lowest BCUT2D eigenvalue weighted by Crippen LogP contribution is -2.56. The molecule has 1 aromatic heterocycles. The van der Waals surface area contributed by atoms with Gasteiger partial charge in [0.25, 0.3) is 12.1 Å². The first-order valence-corrected chi connectivity index (χ1v) is 13.6. The smallest absolute Gasteiger partial charge is 0.387 e. The van der Waals surface area contributed by atoms with Crippen LogP contribution in [-0.4, -0.2) is 72.6 Å². The van der Waals surface area contributed by atoms with E-state index in [1.54, 1.807) is 12.3 Å². The highest BCUT2D eigenvalue weighted by molar-refractivity contribution is 5.48. The van der Waals surface area contributed by atoms with E-state index in [9.17, 15) is 8.78 Å². The van der Waals surface area contributed by atoms with Gasteiger partial charge in [0.1, 0.15) is 13.1 Å². The highest BCUT2D eigenvalue weighted by Crippen LogP contribution is 2.63. The summed E-state index contributed by atoms with van der Waals surface area (Å²) in [6, 6.07) is 1.54. The molecule has 4 aliphatic rings. The Balaban J connectivity index is 1.41. The summed E-state index contributed by atoms with van der Waals surface area (Å²) in [6.07, 6.45) is 9.35. The van der Waals surface area contributed by atoms with Gasteiger partial charge in [-0.3, -0.25) is 0 Å². The van der Waals surface area contributed by atoms with E-state index in [2.05, 4.69) is 20.6 Å². The van der Waals surface area contributed by atoms with E-state index < -0.39 is 6.61 Å². The minimum atomic E-state index is -2.97. The number of alkyl halides is 2. The van der Waals surface area contributed by atoms with Crippen LogP contribution in [0.1, 0.15) is 50.5 Å². The molecule has 2 saturated heterocycles. The van der Waals surface area contributed by atoms with Crippen molar-refractivity contribution in [1.29, 1.82) is 0 Å². The molecule has 4 atom stereocenters. The van der Waals surface area contributed by atoms with Crippen LogP contribution in [0.5, 0.6) is 5.75 Å². The van der Waals surface area contributed by atoms with Crippen LogP contribution in [0, 0.1) is 24.3 Å². The second kappa shape index (κ2) is 10.4. The van der Waals surface area contributed by atoms with E-state index in [0.717, 1.165) is 74.5 Å². The largest absolute Gasteiger partial charge is 0.431 e. The van der Waals surface area contributed by atoms with Crippen molar-refractivity contribution in [2.24, 2.45) is 23.6 Å². The summed E-state index contributed by atoms with van der Waals surface area (Å²) in [4.78, 5) is 8.63. The van der Waals surface area contributed by atoms with Gasteiger partial charge in [0, 0.05) is 30.8 Å². The maximum Gasteiger partial charge on any atom is 0.387 e. The Hall–Kier alpha value is -2.48. The molecular weight excluding hydrogens is 478 g/mol. The lowest BCUT2D eigenvalue weighted by atomic mass is 9.85. The highest BCUT2D eigenvalue weighted by Gasteiger charge is 2.78. The molecule has 37 heavy (non-hydrogen) atoms. The summed E-state index contributed by atoms with van der Waals surface area (Å²) in [6.45, 7) is 11.9. The van der Waals surface area contributed by atoms with Gasteiger partial charge in [0.05, 0.1) is 44.6 Å². The molecule has 0 amide bonds. The van der Waals surface area contributed by atoms with E-state index in [1.165, 1.54) is 19.3 Å². The average molecular weight is 519 g/mol. The molecule has 3 heterocycles. The third kappa shape index (κ3) is 5.14. The van der Waals surface area contributed by atoms with Crippen molar-refractivity contribution in [2.75, 3.05) is 51.7 Å². The van der Waals surface area contributed by atoms with Gasteiger partial charge in [-0.25, -0.2) is 10.8 Å². The molecule has 0 radical (unpaired) electrons. The van der Waals surface area contributed by atoms with Crippen LogP contribution < -0.4 is 16.3 Å². The summed E-state index contributed by atoms with van der Waals surface area (Å²) in [5.74, 6) is 7.51. The zero-order chi connectivity index (χ0) is 26.2. The Morgan fingerprint density at radius 2 is 2.08 bits per heavy atom. The molecule has 202 valence electrons. The number of morpholine rings is 1. The lowest BCUT2D eigenvalue weighted by molar-refractivity contribution is -0.934. The number of fused-ring (bicyclic) bond motifs is 1. The van der Waals surface area contributed by atoms with E-state index in [-0.39, 0.29) is 28.9 Å². The average Bonchev–Trinajstić information content (AvgIpc) is 3.53. The van der Waals surface area contributed by atoms with Crippen molar-refractivity contribution in [2.45, 2.75) is 57.1 Å². The summed E-state index contributed by atoms with van der Waals surface area (Å²) in [5.41, 5.74) is 7.23. The van der Waals surface area contributed by atoms with E-state index in [4.69, 9.17) is 22.9 Å². The number of aromatic nitrogens is 1. The summed E-state index contributed by atoms with van der Waals surface area (Å²) in [5, 5.41) is 1.91. The molecule has 1 unspecified atom stereocenters. The van der Waals surface area contributed by atoms with Crippen LogP contribution in [0.3, 0.4) is 0 Å². The normalized spacial score (nSPS) is 30.1. The second-order valence-electron chi connectivity index (χ2n) is 11.5. The van der Waals surface area contributed by atoms with Gasteiger partial charge < -0.3 is 24.7 Å². The molecule has 4 N–H and O–H groups in total. The summed E-state index contributed by atoms with van der Waals surface area (Å²) >= 11 is 0. The third-order valence-corrected chi connectivity index (χ3v) is 9.43. The van der Waals surface area contributed by atoms with Gasteiger partial charge in [-0.1, -0.05) is 24.3 Å². The molecule has 4 fully saturated rings. The quantitative estimate of drug-likeness (QED) is 0.309. The second-order valence-corrected chi connectivity index (χ2v) is 11.5. The number of hydrogen-bond donors (Lipinski definition) is 2. The van der Waals surface area contributed by atoms with E-state index in [0.29, 0.717) is 11.8 Å². The Morgan fingerprint density at radius 1 is 1.32 bits per heavy atom. The molecule has 8 nitrogen and oxygen atoms in total. The van der Waals surface area contributed by atoms with Gasteiger partial charge in [-0.15, -0.1) is 0 Å². The Labute approximate surface area is 218 Å². The monoisotopic (exact) mass is 518 g/mol. The molecule has 0 bridgehead atoms. The van der Waals surface area contributed by atoms with Crippen molar-refractivity contribution in [3.05, 3.63) is 34.4 Å². The van der Waals surface area contributed by atoms with Gasteiger partial charge >= 0.3 is 6.61 Å². The molecule has 2 aliphatic carbocycles. The molecule has 10 heteroatoms. The summed E-state index contributed by atoms with van der Waals surface area (Å²) < 4.78 is 37.0. The third-order valence-electron chi connectivity index (χ3n) is 9.43. The van der Waals surface area contributed by atoms with Crippen molar-refractivity contribution >= 4 is 5.82 Å². The zero-order valence-corrected chi connectivity index (χ0v) is 21.7. The lowest BCUT2D eigenvalue weighted by Gasteiger charge is -2.41. The van der Waals surface area contributed by atoms with Gasteiger partial charge in [-0.05, 0) is 30.4 Å². The first kappa shape index (κ1) is 26.1. The molecule has 1 spiro atoms. The van der Waals surface area contributed by atoms with Crippen LogP contribution >= 0.6 is 0 Å². The number of anilines is 1. The number of pyridine rings is 1. The standard InChI is InChI=1S/C27H40F2N6O2/c1-18(20-15-23(37-26(28)29)25(30)33-16-20)14-22(34(31)17-19-4-3-5-19)24-21-6-8-35(10-12-36-13-11-35)9-7-27(21,24)32-2/h2,14-16,18-19,21,24,26H,3-13,17,31H2,1H3,(H2,30,33)/q+2/b22-14-/t18?,21-,24+,27+/m0/s1. The minimum Gasteiger partial charge on any atom is -0.431 e. The van der Waals surface area contributed by atoms with E-state index in [1.807, 2.05) is 11.9 Å². The molecule has 1 aromatic rings. The van der Waals surface area contributed by atoms with Crippen molar-refractivity contribution in [3.8, 4) is 12.3 Å². The van der Waals surface area contributed by atoms with Crippen LogP contribution in [0.25, 0.3) is 4.85 Å². The number of rotatable bonds is 8. The van der Waals surface area contributed by atoms with Crippen molar-refractivity contribution in [1.82, 2.24) is 9.99 Å². The molecule has 0 aromatic carbocycles. The number of nitrogen functional groups attached to an aromatic ring is 1.